The number of nitrogens with zero attached hydrogens (tertiary/aromatic N) is 2. The molecule has 0 aliphatic rings. The highest BCUT2D eigenvalue weighted by atomic mass is 16.4. The van der Waals surface area contributed by atoms with Crippen molar-refractivity contribution in [3.8, 4) is 0 Å². The summed E-state index contributed by atoms with van der Waals surface area (Å²) in [7, 11) is 0. The van der Waals surface area contributed by atoms with Gasteiger partial charge in [-0.1, -0.05) is 6.92 Å². The zero-order valence-corrected chi connectivity index (χ0v) is 9.02. The third kappa shape index (κ3) is 14.9. The predicted molar refractivity (Wildman–Crippen MR) is 57.5 cm³/mol. The summed E-state index contributed by atoms with van der Waals surface area (Å²) in [4.78, 5) is 19.7. The average Bonchev–Trinajstić information content (AvgIpc) is 2.02. The second-order valence-corrected chi connectivity index (χ2v) is 2.50. The van der Waals surface area contributed by atoms with E-state index in [0.717, 1.165) is 6.92 Å². The van der Waals surface area contributed by atoms with Crippen LogP contribution in [-0.2, 0) is 9.59 Å². The van der Waals surface area contributed by atoms with Crippen LogP contribution >= 0.6 is 0 Å². The van der Waals surface area contributed by atoms with Gasteiger partial charge in [0, 0.05) is 13.8 Å². The van der Waals surface area contributed by atoms with Crippen molar-refractivity contribution >= 4 is 23.4 Å². The fourth-order valence-corrected chi connectivity index (χ4v) is 0.508. The zero-order valence-electron chi connectivity index (χ0n) is 9.02. The molecule has 0 rings (SSSR count). The fourth-order valence-electron chi connectivity index (χ4n) is 0.508. The summed E-state index contributed by atoms with van der Waals surface area (Å²) < 4.78 is 0. The Morgan fingerprint density at radius 3 is 1.80 bits per heavy atom. The number of rotatable bonds is 3. The highest BCUT2D eigenvalue weighted by Gasteiger charge is 2.00. The second kappa shape index (κ2) is 8.67. The fraction of sp³-hybridized carbons (Fsp3) is 0.500. The maximum Gasteiger partial charge on any atom is 0.300 e. The van der Waals surface area contributed by atoms with Crippen LogP contribution in [0, 0.1) is 0 Å². The molecule has 5 N–H and O–H groups in total. The smallest absolute Gasteiger partial charge is 0.300 e. The molecule has 0 atom stereocenters. The van der Waals surface area contributed by atoms with Crippen molar-refractivity contribution in [1.82, 2.24) is 0 Å². The molecule has 0 spiro atoms. The van der Waals surface area contributed by atoms with Crippen molar-refractivity contribution in [1.29, 1.82) is 0 Å². The molecule has 15 heavy (non-hydrogen) atoms. The minimum atomic E-state index is -0.833. The molecule has 0 radical (unpaired) electrons. The first-order valence-electron chi connectivity index (χ1n) is 4.17. The van der Waals surface area contributed by atoms with Crippen molar-refractivity contribution in [3.63, 3.8) is 0 Å². The first-order valence-corrected chi connectivity index (χ1v) is 4.17. The average molecular weight is 216 g/mol. The van der Waals surface area contributed by atoms with Gasteiger partial charge in [0.25, 0.3) is 5.97 Å². The molecule has 0 bridgehead atoms. The van der Waals surface area contributed by atoms with E-state index < -0.39 is 5.97 Å². The van der Waals surface area contributed by atoms with Gasteiger partial charge in [0.15, 0.2) is 5.78 Å². The number of guanidine groups is 1. The summed E-state index contributed by atoms with van der Waals surface area (Å²) in [6, 6.07) is 0. The predicted octanol–water partition coefficient (Wildman–Crippen LogP) is -0.294. The SMILES string of the molecule is CC(=O)O.CC/C(=N\N=C(N)N)C(C)=O. The van der Waals surface area contributed by atoms with Crippen molar-refractivity contribution in [2.45, 2.75) is 27.2 Å². The normalized spacial score (nSPS) is 9.67. The molecule has 0 aromatic carbocycles. The molecule has 0 unspecified atom stereocenters. The maximum atomic E-state index is 10.7. The highest BCUT2D eigenvalue weighted by Crippen LogP contribution is 1.88. The molecule has 0 fully saturated rings. The number of carbonyl (C=O) groups is 2. The largest absolute Gasteiger partial charge is 0.481 e. The Kier molecular flexibility index (Phi) is 8.98. The number of aliphatic carboxylic acids is 1. The van der Waals surface area contributed by atoms with Crippen LogP contribution in [0.2, 0.25) is 0 Å². The number of hydrogen-bond donors (Lipinski definition) is 3. The lowest BCUT2D eigenvalue weighted by Gasteiger charge is -1.92. The van der Waals surface area contributed by atoms with E-state index in [9.17, 15) is 4.79 Å². The summed E-state index contributed by atoms with van der Waals surface area (Å²) in [6.07, 6.45) is 0.534. The Morgan fingerprint density at radius 1 is 1.20 bits per heavy atom. The van der Waals surface area contributed by atoms with Gasteiger partial charge in [-0.05, 0) is 6.42 Å². The van der Waals surface area contributed by atoms with Crippen LogP contribution in [-0.4, -0.2) is 28.5 Å². The van der Waals surface area contributed by atoms with Crippen LogP contribution in [0.25, 0.3) is 0 Å². The van der Waals surface area contributed by atoms with Crippen LogP contribution in [0.3, 0.4) is 0 Å². The van der Waals surface area contributed by atoms with Crippen LogP contribution in [0.4, 0.5) is 0 Å². The lowest BCUT2D eigenvalue weighted by molar-refractivity contribution is -0.134. The van der Waals surface area contributed by atoms with Gasteiger partial charge in [-0.3, -0.25) is 9.59 Å². The van der Waals surface area contributed by atoms with Gasteiger partial charge < -0.3 is 16.6 Å². The van der Waals surface area contributed by atoms with E-state index >= 15 is 0 Å². The van der Waals surface area contributed by atoms with E-state index in [0.29, 0.717) is 12.1 Å². The van der Waals surface area contributed by atoms with E-state index in [1.807, 2.05) is 6.92 Å². The quantitative estimate of drug-likeness (QED) is 0.338. The van der Waals surface area contributed by atoms with Crippen LogP contribution in [0.15, 0.2) is 10.2 Å². The van der Waals surface area contributed by atoms with Gasteiger partial charge in [0.05, 0.1) is 0 Å². The number of carboxylic acids is 1. The lowest BCUT2D eigenvalue weighted by Crippen LogP contribution is -2.22. The van der Waals surface area contributed by atoms with E-state index in [2.05, 4.69) is 10.2 Å². The van der Waals surface area contributed by atoms with Gasteiger partial charge in [-0.25, -0.2) is 0 Å². The van der Waals surface area contributed by atoms with E-state index in [1.54, 1.807) is 0 Å². The van der Waals surface area contributed by atoms with Crippen LogP contribution in [0.5, 0.6) is 0 Å². The summed E-state index contributed by atoms with van der Waals surface area (Å²) in [6.45, 7) is 4.31. The number of nitrogens with two attached hydrogens (primary N) is 2. The summed E-state index contributed by atoms with van der Waals surface area (Å²) in [5.74, 6) is -1.09. The highest BCUT2D eigenvalue weighted by molar-refractivity contribution is 6.38. The molecule has 0 amide bonds. The first kappa shape index (κ1) is 15.5. The molecule has 0 heterocycles. The van der Waals surface area contributed by atoms with Crippen molar-refractivity contribution < 1.29 is 14.7 Å². The van der Waals surface area contributed by atoms with Crippen molar-refractivity contribution in [2.75, 3.05) is 0 Å². The minimum absolute atomic E-state index is 0.113. The summed E-state index contributed by atoms with van der Waals surface area (Å²) in [5, 5.41) is 14.3. The molecule has 0 aromatic heterocycles. The topological polar surface area (TPSA) is 131 Å². The number of ketones is 1. The number of Topliss-reactive ketones (excluding diaryl/α,β-unsaturated/α-hetero) is 1. The number of hydrogen-bond acceptors (Lipinski definition) is 4. The van der Waals surface area contributed by atoms with Crippen molar-refractivity contribution in [3.05, 3.63) is 0 Å². The van der Waals surface area contributed by atoms with E-state index in [4.69, 9.17) is 21.4 Å². The Morgan fingerprint density at radius 2 is 1.60 bits per heavy atom. The van der Waals surface area contributed by atoms with E-state index in [1.165, 1.54) is 6.92 Å². The number of carbonyl (C=O) groups excluding carboxylic acids is 1. The molecule has 0 aliphatic carbocycles. The van der Waals surface area contributed by atoms with Crippen molar-refractivity contribution in [2.24, 2.45) is 21.7 Å². The Balaban J connectivity index is 0. The summed E-state index contributed by atoms with van der Waals surface area (Å²) >= 11 is 0. The third-order valence-corrected chi connectivity index (χ3v) is 1.03. The molecule has 0 aromatic rings. The van der Waals surface area contributed by atoms with Crippen LogP contribution < -0.4 is 11.5 Å². The van der Waals surface area contributed by atoms with E-state index in [-0.39, 0.29) is 11.7 Å². The Labute approximate surface area is 87.9 Å². The molecule has 0 saturated heterocycles. The monoisotopic (exact) mass is 216 g/mol. The van der Waals surface area contributed by atoms with Gasteiger partial charge in [0.2, 0.25) is 5.96 Å². The van der Waals surface area contributed by atoms with Gasteiger partial charge in [-0.15, -0.1) is 10.2 Å². The first-order chi connectivity index (χ1) is 6.81. The molecule has 86 valence electrons. The number of carboxylic acid groups (broad SMARTS) is 1. The van der Waals surface area contributed by atoms with Gasteiger partial charge in [-0.2, -0.15) is 0 Å². The Hall–Kier alpha value is -1.92. The molecule has 0 aliphatic heterocycles. The maximum absolute atomic E-state index is 10.7. The minimum Gasteiger partial charge on any atom is -0.481 e. The Bertz CT molecular complexity index is 276. The summed E-state index contributed by atoms with van der Waals surface area (Å²) in [5.41, 5.74) is 10.4. The van der Waals surface area contributed by atoms with Gasteiger partial charge in [0.1, 0.15) is 5.71 Å². The zero-order chi connectivity index (χ0) is 12.4. The standard InChI is InChI=1S/C6H12N4O.C2H4O2/c1-3-5(4(2)11)9-10-6(7)8;1-2(3)4/h3H2,1-2H3,(H4,7,8,10);1H3,(H,3,4)/b9-5+;. The molecular formula is C8H16N4O3. The lowest BCUT2D eigenvalue weighted by atomic mass is 10.2. The molecule has 7 heteroatoms. The van der Waals surface area contributed by atoms with Gasteiger partial charge >= 0.3 is 0 Å². The third-order valence-electron chi connectivity index (χ3n) is 1.03. The molecule has 7 nitrogen and oxygen atoms in total. The second-order valence-electron chi connectivity index (χ2n) is 2.50. The molecule has 0 saturated carbocycles. The van der Waals surface area contributed by atoms with Crippen LogP contribution in [0.1, 0.15) is 27.2 Å². The molecular weight excluding hydrogens is 200 g/mol.